The molecule has 0 fully saturated rings. The van der Waals surface area contributed by atoms with Crippen molar-refractivity contribution in [1.82, 2.24) is 15.2 Å². The third-order valence-corrected chi connectivity index (χ3v) is 5.01. The molecule has 8 heteroatoms. The molecule has 1 aromatic carbocycles. The van der Waals surface area contributed by atoms with Gasteiger partial charge in [-0.25, -0.2) is 9.37 Å². The van der Waals surface area contributed by atoms with E-state index in [0.29, 0.717) is 15.8 Å². The maximum atomic E-state index is 12.9. The third-order valence-electron chi connectivity index (χ3n) is 2.98. The second kappa shape index (κ2) is 6.51. The zero-order valence-corrected chi connectivity index (χ0v) is 14.0. The van der Waals surface area contributed by atoms with Crippen LogP contribution in [0.1, 0.15) is 35.3 Å². The number of thiazole rings is 1. The minimum atomic E-state index is -0.332. The number of nitrogens with zero attached hydrogens (tertiary/aromatic N) is 3. The molecule has 2 aromatic heterocycles. The first-order chi connectivity index (χ1) is 11.0. The molecular weight excluding hydrogens is 335 g/mol. The van der Waals surface area contributed by atoms with Gasteiger partial charge in [0.05, 0.1) is 0 Å². The first kappa shape index (κ1) is 15.7. The van der Waals surface area contributed by atoms with E-state index in [4.69, 9.17) is 0 Å². The van der Waals surface area contributed by atoms with Gasteiger partial charge in [-0.1, -0.05) is 25.2 Å². The quantitative estimate of drug-likeness (QED) is 0.768. The molecule has 0 aliphatic heterocycles. The van der Waals surface area contributed by atoms with E-state index in [2.05, 4.69) is 20.5 Å². The highest BCUT2D eigenvalue weighted by atomic mass is 32.1. The van der Waals surface area contributed by atoms with E-state index in [1.54, 1.807) is 17.5 Å². The summed E-state index contributed by atoms with van der Waals surface area (Å²) in [6.45, 7) is 4.03. The Hall–Kier alpha value is -2.19. The summed E-state index contributed by atoms with van der Waals surface area (Å²) in [6, 6.07) is 6.00. The Bertz CT molecular complexity index is 826. The number of nitrogens with one attached hydrogen (secondary N) is 1. The Morgan fingerprint density at radius 2 is 1.96 bits per heavy atom. The number of carbonyl (C=O) groups is 1. The minimum Gasteiger partial charge on any atom is -0.295 e. The van der Waals surface area contributed by atoms with E-state index in [-0.39, 0.29) is 17.6 Å². The van der Waals surface area contributed by atoms with Crippen molar-refractivity contribution in [2.45, 2.75) is 19.8 Å². The summed E-state index contributed by atoms with van der Waals surface area (Å²) in [6.07, 6.45) is 0. The Balaban J connectivity index is 1.74. The lowest BCUT2D eigenvalue weighted by Gasteiger charge is -1.98. The molecule has 0 saturated heterocycles. The first-order valence-corrected chi connectivity index (χ1v) is 8.59. The molecule has 0 radical (unpaired) electrons. The number of carbonyl (C=O) groups excluding carboxylic acids is 1. The number of halogens is 1. The fraction of sp³-hybridized carbons (Fsp3) is 0.200. The number of rotatable bonds is 4. The van der Waals surface area contributed by atoms with Crippen molar-refractivity contribution in [2.24, 2.45) is 0 Å². The number of benzene rings is 1. The van der Waals surface area contributed by atoms with Crippen molar-refractivity contribution < 1.29 is 9.18 Å². The number of aromatic nitrogens is 3. The van der Waals surface area contributed by atoms with Gasteiger partial charge in [0.15, 0.2) is 0 Å². The van der Waals surface area contributed by atoms with Gasteiger partial charge in [-0.15, -0.1) is 21.5 Å². The van der Waals surface area contributed by atoms with Crippen molar-refractivity contribution in [3.8, 4) is 10.6 Å². The summed E-state index contributed by atoms with van der Waals surface area (Å²) in [4.78, 5) is 16.5. The average molecular weight is 348 g/mol. The molecule has 23 heavy (non-hydrogen) atoms. The summed E-state index contributed by atoms with van der Waals surface area (Å²) >= 11 is 2.68. The van der Waals surface area contributed by atoms with Crippen LogP contribution in [0.15, 0.2) is 29.6 Å². The zero-order chi connectivity index (χ0) is 16.4. The second-order valence-electron chi connectivity index (χ2n) is 5.10. The molecule has 0 saturated carbocycles. The maximum absolute atomic E-state index is 12.9. The summed E-state index contributed by atoms with van der Waals surface area (Å²) in [5.74, 6) is -0.371. The third kappa shape index (κ3) is 3.59. The van der Waals surface area contributed by atoms with E-state index >= 15 is 0 Å². The van der Waals surface area contributed by atoms with Crippen LogP contribution in [0.5, 0.6) is 0 Å². The molecule has 1 N–H and O–H groups in total. The highest BCUT2D eigenvalue weighted by molar-refractivity contribution is 7.15. The normalized spacial score (nSPS) is 11.0. The van der Waals surface area contributed by atoms with Gasteiger partial charge in [-0.05, 0) is 24.3 Å². The number of anilines is 1. The van der Waals surface area contributed by atoms with Crippen LogP contribution in [0.4, 0.5) is 9.52 Å². The lowest BCUT2D eigenvalue weighted by molar-refractivity contribution is 0.102. The lowest BCUT2D eigenvalue weighted by atomic mass is 10.2. The van der Waals surface area contributed by atoms with Gasteiger partial charge in [0.1, 0.15) is 21.5 Å². The van der Waals surface area contributed by atoms with Crippen molar-refractivity contribution in [1.29, 1.82) is 0 Å². The average Bonchev–Trinajstić information content (AvgIpc) is 3.17. The molecule has 0 unspecified atom stereocenters. The standard InChI is InChI=1S/C15H13FN4OS2/c1-8(2)13-19-20-15(23-13)18-12(21)11-7-22-14(17-11)9-3-5-10(16)6-4-9/h3-8H,1-2H3,(H,18,20,21). The molecule has 118 valence electrons. The van der Waals surface area contributed by atoms with Crippen LogP contribution in [0.3, 0.4) is 0 Å². The molecule has 3 aromatic rings. The van der Waals surface area contributed by atoms with Crippen molar-refractivity contribution >= 4 is 33.7 Å². The van der Waals surface area contributed by atoms with Crippen LogP contribution >= 0.6 is 22.7 Å². The SMILES string of the molecule is CC(C)c1nnc(NC(=O)c2csc(-c3ccc(F)cc3)n2)s1. The number of amides is 1. The topological polar surface area (TPSA) is 67.8 Å². The Labute approximate surface area is 140 Å². The summed E-state index contributed by atoms with van der Waals surface area (Å²) in [5.41, 5.74) is 1.07. The van der Waals surface area contributed by atoms with Crippen LogP contribution in [0.2, 0.25) is 0 Å². The number of hydrogen-bond acceptors (Lipinski definition) is 6. The minimum absolute atomic E-state index is 0.266. The molecule has 2 heterocycles. The summed E-state index contributed by atoms with van der Waals surface area (Å²) in [7, 11) is 0. The second-order valence-corrected chi connectivity index (χ2v) is 6.97. The maximum Gasteiger partial charge on any atom is 0.276 e. The Morgan fingerprint density at radius 3 is 2.61 bits per heavy atom. The smallest absolute Gasteiger partial charge is 0.276 e. The molecule has 0 spiro atoms. The van der Waals surface area contributed by atoms with Crippen LogP contribution in [-0.2, 0) is 0 Å². The molecular formula is C15H13FN4OS2. The lowest BCUT2D eigenvalue weighted by Crippen LogP contribution is -2.12. The van der Waals surface area contributed by atoms with E-state index in [0.717, 1.165) is 10.6 Å². The molecule has 0 aliphatic carbocycles. The van der Waals surface area contributed by atoms with Crippen molar-refractivity contribution in [2.75, 3.05) is 5.32 Å². The van der Waals surface area contributed by atoms with Crippen LogP contribution in [0.25, 0.3) is 10.6 Å². The largest absolute Gasteiger partial charge is 0.295 e. The highest BCUT2D eigenvalue weighted by Crippen LogP contribution is 2.25. The van der Waals surface area contributed by atoms with E-state index < -0.39 is 0 Å². The number of hydrogen-bond donors (Lipinski definition) is 1. The van der Waals surface area contributed by atoms with Crippen LogP contribution in [0, 0.1) is 5.82 Å². The molecule has 0 atom stereocenters. The molecule has 5 nitrogen and oxygen atoms in total. The monoisotopic (exact) mass is 348 g/mol. The molecule has 3 rings (SSSR count). The van der Waals surface area contributed by atoms with Gasteiger partial charge in [-0.3, -0.25) is 10.1 Å². The van der Waals surface area contributed by atoms with E-state index in [1.165, 1.54) is 34.8 Å². The van der Waals surface area contributed by atoms with Gasteiger partial charge in [-0.2, -0.15) is 0 Å². The Morgan fingerprint density at radius 1 is 1.22 bits per heavy atom. The fourth-order valence-corrected chi connectivity index (χ4v) is 3.33. The predicted octanol–water partition coefficient (Wildman–Crippen LogP) is 4.18. The summed E-state index contributed by atoms with van der Waals surface area (Å²) in [5, 5.41) is 14.3. The molecule has 1 amide bonds. The first-order valence-electron chi connectivity index (χ1n) is 6.89. The van der Waals surface area contributed by atoms with E-state index in [1.807, 2.05) is 13.8 Å². The van der Waals surface area contributed by atoms with Gasteiger partial charge >= 0.3 is 0 Å². The van der Waals surface area contributed by atoms with Crippen molar-refractivity contribution in [3.05, 3.63) is 46.2 Å². The predicted molar refractivity (Wildman–Crippen MR) is 89.5 cm³/mol. The van der Waals surface area contributed by atoms with E-state index in [9.17, 15) is 9.18 Å². The fourth-order valence-electron chi connectivity index (χ4n) is 1.78. The highest BCUT2D eigenvalue weighted by Gasteiger charge is 2.15. The summed E-state index contributed by atoms with van der Waals surface area (Å²) < 4.78 is 12.9. The van der Waals surface area contributed by atoms with Crippen LogP contribution < -0.4 is 5.32 Å². The van der Waals surface area contributed by atoms with Gasteiger partial charge in [0.2, 0.25) is 5.13 Å². The van der Waals surface area contributed by atoms with Gasteiger partial charge in [0, 0.05) is 16.9 Å². The van der Waals surface area contributed by atoms with Gasteiger partial charge < -0.3 is 0 Å². The van der Waals surface area contributed by atoms with Crippen molar-refractivity contribution in [3.63, 3.8) is 0 Å². The Kier molecular flexibility index (Phi) is 4.44. The van der Waals surface area contributed by atoms with Gasteiger partial charge in [0.25, 0.3) is 5.91 Å². The molecule has 0 aliphatic rings. The van der Waals surface area contributed by atoms with Crippen LogP contribution in [-0.4, -0.2) is 21.1 Å². The zero-order valence-electron chi connectivity index (χ0n) is 12.4. The molecule has 0 bridgehead atoms.